The van der Waals surface area contributed by atoms with Gasteiger partial charge in [-0.2, -0.15) is 5.26 Å². The molecule has 1 aromatic carbocycles. The highest BCUT2D eigenvalue weighted by Crippen LogP contribution is 2.39. The first-order valence-corrected chi connectivity index (χ1v) is 11.0. The number of nitriles is 1. The fourth-order valence-electron chi connectivity index (χ4n) is 4.65. The summed E-state index contributed by atoms with van der Waals surface area (Å²) in [5.74, 6) is 1.16. The SMILES string of the molecule is C=CC1=C(C)CC(Oc2cc(C3(C#N)CCN(CC(=C)OC)CC3)ccc2CC(F)F)C1. The third-order valence-electron chi connectivity index (χ3n) is 6.68. The summed E-state index contributed by atoms with van der Waals surface area (Å²) in [6, 6.07) is 7.88. The zero-order chi connectivity index (χ0) is 23.3. The van der Waals surface area contributed by atoms with E-state index in [9.17, 15) is 14.0 Å². The maximum atomic E-state index is 13.2. The maximum absolute atomic E-state index is 13.2. The zero-order valence-corrected chi connectivity index (χ0v) is 19.0. The summed E-state index contributed by atoms with van der Waals surface area (Å²) in [7, 11) is 1.60. The van der Waals surface area contributed by atoms with E-state index >= 15 is 0 Å². The van der Waals surface area contributed by atoms with Gasteiger partial charge in [0.25, 0.3) is 0 Å². The molecule has 0 N–H and O–H groups in total. The van der Waals surface area contributed by atoms with Crippen LogP contribution in [0.4, 0.5) is 8.78 Å². The van der Waals surface area contributed by atoms with Crippen molar-refractivity contribution in [2.75, 3.05) is 26.7 Å². The van der Waals surface area contributed by atoms with E-state index in [1.54, 1.807) is 13.2 Å². The van der Waals surface area contributed by atoms with Crippen molar-refractivity contribution in [2.45, 2.75) is 57.0 Å². The Hall–Kier alpha value is -2.65. The average Bonchev–Trinajstić information content (AvgIpc) is 3.14. The molecule has 1 aromatic rings. The molecule has 6 heteroatoms. The van der Waals surface area contributed by atoms with Crippen molar-refractivity contribution < 1.29 is 18.3 Å². The third-order valence-corrected chi connectivity index (χ3v) is 6.68. The summed E-state index contributed by atoms with van der Waals surface area (Å²) in [6.45, 7) is 11.9. The van der Waals surface area contributed by atoms with Gasteiger partial charge in [0.2, 0.25) is 6.43 Å². The number of benzene rings is 1. The van der Waals surface area contributed by atoms with E-state index in [1.165, 1.54) is 5.57 Å². The number of ether oxygens (including phenoxy) is 2. The molecule has 1 fully saturated rings. The Morgan fingerprint density at radius 3 is 2.62 bits per heavy atom. The van der Waals surface area contributed by atoms with Gasteiger partial charge in [0.05, 0.1) is 25.1 Å². The van der Waals surface area contributed by atoms with Crippen molar-refractivity contribution in [3.05, 3.63) is 65.5 Å². The summed E-state index contributed by atoms with van der Waals surface area (Å²) in [4.78, 5) is 2.22. The lowest BCUT2D eigenvalue weighted by molar-refractivity contribution is 0.145. The maximum Gasteiger partial charge on any atom is 0.242 e. The normalized spacial score (nSPS) is 20.8. The lowest BCUT2D eigenvalue weighted by atomic mass is 9.73. The molecule has 0 saturated carbocycles. The van der Waals surface area contributed by atoms with Crippen molar-refractivity contribution in [3.63, 3.8) is 0 Å². The van der Waals surface area contributed by atoms with Gasteiger partial charge in [-0.1, -0.05) is 36.9 Å². The summed E-state index contributed by atoms with van der Waals surface area (Å²) in [6.07, 6.45) is 1.68. The van der Waals surface area contributed by atoms with Crippen molar-refractivity contribution in [2.24, 2.45) is 0 Å². The van der Waals surface area contributed by atoms with Gasteiger partial charge >= 0.3 is 0 Å². The monoisotopic (exact) mass is 442 g/mol. The number of likely N-dealkylation sites (tertiary alicyclic amines) is 1. The Balaban J connectivity index is 1.82. The first-order chi connectivity index (χ1) is 15.3. The first-order valence-electron chi connectivity index (χ1n) is 11.0. The van der Waals surface area contributed by atoms with Crippen molar-refractivity contribution in [1.82, 2.24) is 4.90 Å². The number of halogens is 2. The Bertz CT molecular complexity index is 924. The largest absolute Gasteiger partial charge is 0.500 e. The molecular weight excluding hydrogens is 410 g/mol. The van der Waals surface area contributed by atoms with Crippen molar-refractivity contribution in [3.8, 4) is 11.8 Å². The zero-order valence-electron chi connectivity index (χ0n) is 19.0. The van der Waals surface area contributed by atoms with Gasteiger partial charge in [0.1, 0.15) is 17.6 Å². The fourth-order valence-corrected chi connectivity index (χ4v) is 4.65. The molecule has 4 nitrogen and oxygen atoms in total. The van der Waals surface area contributed by atoms with Crippen LogP contribution in [-0.2, 0) is 16.6 Å². The summed E-state index contributed by atoms with van der Waals surface area (Å²) < 4.78 is 37.9. The van der Waals surface area contributed by atoms with Crippen LogP contribution in [0.25, 0.3) is 0 Å². The van der Waals surface area contributed by atoms with Gasteiger partial charge < -0.3 is 9.47 Å². The van der Waals surface area contributed by atoms with Crippen molar-refractivity contribution in [1.29, 1.82) is 5.26 Å². The number of nitrogens with zero attached hydrogens (tertiary/aromatic N) is 2. The molecule has 0 amide bonds. The molecule has 1 saturated heterocycles. The van der Waals surface area contributed by atoms with Crippen LogP contribution in [0.15, 0.2) is 54.3 Å². The van der Waals surface area contributed by atoms with Crippen LogP contribution in [0.2, 0.25) is 0 Å². The summed E-state index contributed by atoms with van der Waals surface area (Å²) in [5, 5.41) is 10.1. The molecule has 1 aliphatic carbocycles. The molecule has 0 spiro atoms. The predicted molar refractivity (Wildman–Crippen MR) is 122 cm³/mol. The number of hydrogen-bond acceptors (Lipinski definition) is 4. The minimum atomic E-state index is -2.46. The number of piperidine rings is 1. The topological polar surface area (TPSA) is 45.5 Å². The molecule has 0 bridgehead atoms. The van der Waals surface area contributed by atoms with Crippen LogP contribution in [0.1, 0.15) is 43.7 Å². The molecule has 3 rings (SSSR count). The molecule has 2 aliphatic rings. The van der Waals surface area contributed by atoms with Gasteiger partial charge in [-0.15, -0.1) is 0 Å². The van der Waals surface area contributed by atoms with Crippen LogP contribution in [-0.4, -0.2) is 44.2 Å². The third kappa shape index (κ3) is 5.39. The molecule has 0 aromatic heterocycles. The van der Waals surface area contributed by atoms with Crippen LogP contribution in [0.5, 0.6) is 5.75 Å². The van der Waals surface area contributed by atoms with Crippen LogP contribution >= 0.6 is 0 Å². The predicted octanol–water partition coefficient (Wildman–Crippen LogP) is 5.56. The molecule has 1 aliphatic heterocycles. The first kappa shape index (κ1) is 24.0. The number of rotatable bonds is 9. The van der Waals surface area contributed by atoms with E-state index in [0.29, 0.717) is 36.5 Å². The lowest BCUT2D eigenvalue weighted by Gasteiger charge is -2.38. The fraction of sp³-hybridized carbons (Fsp3) is 0.500. The molecule has 0 radical (unpaired) electrons. The van der Waals surface area contributed by atoms with Gasteiger partial charge in [-0.3, -0.25) is 4.90 Å². The standard InChI is InChI=1S/C26H32F2N2O2/c1-5-20-13-23(12-18(20)2)32-24-15-22(7-6-21(24)14-25(27)28)26(17-29)8-10-30(11-9-26)16-19(3)31-4/h5-7,15,23,25H,1,3,8-14,16H2,2,4H3. The van der Waals surface area contributed by atoms with E-state index < -0.39 is 11.8 Å². The number of hydrogen-bond donors (Lipinski definition) is 0. The van der Waals surface area contributed by atoms with Gasteiger partial charge in [-0.25, -0.2) is 8.78 Å². The minimum absolute atomic E-state index is 0.102. The van der Waals surface area contributed by atoms with Crippen LogP contribution in [0, 0.1) is 11.3 Å². The number of alkyl halides is 2. The molecule has 172 valence electrons. The minimum Gasteiger partial charge on any atom is -0.500 e. The molecule has 1 atom stereocenters. The highest BCUT2D eigenvalue weighted by molar-refractivity contribution is 5.44. The summed E-state index contributed by atoms with van der Waals surface area (Å²) in [5.41, 5.74) is 3.03. The van der Waals surface area contributed by atoms with E-state index in [0.717, 1.165) is 37.1 Å². The van der Waals surface area contributed by atoms with Crippen molar-refractivity contribution >= 4 is 0 Å². The second-order valence-corrected chi connectivity index (χ2v) is 8.79. The highest BCUT2D eigenvalue weighted by atomic mass is 19.3. The van der Waals surface area contributed by atoms with Gasteiger partial charge in [0, 0.05) is 32.4 Å². The molecular formula is C26H32F2N2O2. The Morgan fingerprint density at radius 2 is 2.06 bits per heavy atom. The molecule has 32 heavy (non-hydrogen) atoms. The molecule has 1 heterocycles. The Morgan fingerprint density at radius 1 is 1.34 bits per heavy atom. The lowest BCUT2D eigenvalue weighted by Crippen LogP contribution is -2.42. The molecule has 1 unspecified atom stereocenters. The Kier molecular flexibility index (Phi) is 7.73. The highest BCUT2D eigenvalue weighted by Gasteiger charge is 2.37. The number of methoxy groups -OCH3 is 1. The second-order valence-electron chi connectivity index (χ2n) is 8.79. The van der Waals surface area contributed by atoms with E-state index in [2.05, 4.69) is 24.1 Å². The summed E-state index contributed by atoms with van der Waals surface area (Å²) >= 11 is 0. The van der Waals surface area contributed by atoms with Crippen LogP contribution in [0.3, 0.4) is 0 Å². The number of allylic oxidation sites excluding steroid dienone is 1. The second kappa shape index (κ2) is 10.3. The van der Waals surface area contributed by atoms with Gasteiger partial charge in [-0.05, 0) is 42.5 Å². The van der Waals surface area contributed by atoms with E-state index in [4.69, 9.17) is 9.47 Å². The quantitative estimate of drug-likeness (QED) is 0.470. The van der Waals surface area contributed by atoms with E-state index in [-0.39, 0.29) is 12.5 Å². The Labute approximate surface area is 189 Å². The van der Waals surface area contributed by atoms with Gasteiger partial charge in [0.15, 0.2) is 0 Å². The average molecular weight is 443 g/mol. The van der Waals surface area contributed by atoms with Crippen LogP contribution < -0.4 is 4.74 Å². The van der Waals surface area contributed by atoms with E-state index in [1.807, 2.05) is 25.1 Å². The smallest absolute Gasteiger partial charge is 0.242 e.